The minimum absolute atomic E-state index is 0.198. The van der Waals surface area contributed by atoms with E-state index in [1.165, 1.54) is 13.2 Å². The van der Waals surface area contributed by atoms with E-state index >= 15 is 0 Å². The monoisotopic (exact) mass is 266 g/mol. The van der Waals surface area contributed by atoms with E-state index in [4.69, 9.17) is 4.74 Å². The predicted octanol–water partition coefficient (Wildman–Crippen LogP) is 2.13. The van der Waals surface area contributed by atoms with Crippen LogP contribution in [-0.2, 0) is 16.0 Å². The topological polar surface area (TPSA) is 76.0 Å². The van der Waals surface area contributed by atoms with Gasteiger partial charge in [-0.1, -0.05) is 6.07 Å². The van der Waals surface area contributed by atoms with Gasteiger partial charge < -0.3 is 19.7 Å². The average molecular weight is 266 g/mol. The highest BCUT2D eigenvalue weighted by atomic mass is 16.5. The van der Waals surface area contributed by atoms with Crippen LogP contribution in [0.3, 0.4) is 0 Å². The second kappa shape index (κ2) is 4.99. The van der Waals surface area contributed by atoms with Gasteiger partial charge in [0.15, 0.2) is 11.5 Å². The van der Waals surface area contributed by atoms with Crippen LogP contribution in [0.2, 0.25) is 0 Å². The van der Waals surface area contributed by atoms with Gasteiger partial charge >= 0.3 is 5.97 Å². The number of hydrogen-bond acceptors (Lipinski definition) is 5. The van der Waals surface area contributed by atoms with Crippen molar-refractivity contribution in [1.29, 1.82) is 0 Å². The predicted molar refractivity (Wildman–Crippen MR) is 68.4 cm³/mol. The van der Waals surface area contributed by atoms with Gasteiger partial charge in [0.2, 0.25) is 5.75 Å². The van der Waals surface area contributed by atoms with Crippen LogP contribution in [0.5, 0.6) is 17.2 Å². The molecule has 0 amide bonds. The summed E-state index contributed by atoms with van der Waals surface area (Å²) in [7, 11) is 1.35. The van der Waals surface area contributed by atoms with Crippen molar-refractivity contribution < 1.29 is 24.5 Å². The summed E-state index contributed by atoms with van der Waals surface area (Å²) >= 11 is 0. The number of phenols is 2. The largest absolute Gasteiger partial charge is 0.504 e. The quantitative estimate of drug-likeness (QED) is 0.647. The standard InChI is InChI=1S/C14H18O5/c1-14(8-6-11(16)18-2)7-5-9-3-4-10(15)12(17)13(9)19-14/h3-4,15,17H,5-8H2,1-2H3. The zero-order valence-electron chi connectivity index (χ0n) is 11.1. The van der Waals surface area contributed by atoms with Crippen molar-refractivity contribution in [2.24, 2.45) is 0 Å². The minimum Gasteiger partial charge on any atom is -0.504 e. The number of rotatable bonds is 3. The number of methoxy groups -OCH3 is 1. The number of hydrogen-bond donors (Lipinski definition) is 2. The van der Waals surface area contributed by atoms with Crippen molar-refractivity contribution in [3.05, 3.63) is 17.7 Å². The highest BCUT2D eigenvalue weighted by molar-refractivity contribution is 5.69. The maximum atomic E-state index is 11.2. The van der Waals surface area contributed by atoms with Gasteiger partial charge in [0.05, 0.1) is 7.11 Å². The highest BCUT2D eigenvalue weighted by Crippen LogP contribution is 2.45. The normalized spacial score (nSPS) is 21.4. The molecule has 1 heterocycles. The molecule has 0 spiro atoms. The van der Waals surface area contributed by atoms with Crippen LogP contribution in [0.4, 0.5) is 0 Å². The van der Waals surface area contributed by atoms with Crippen LogP contribution in [0.15, 0.2) is 12.1 Å². The second-order valence-corrected chi connectivity index (χ2v) is 5.05. The Morgan fingerprint density at radius 2 is 2.21 bits per heavy atom. The molecule has 1 aliphatic heterocycles. The van der Waals surface area contributed by atoms with Crippen molar-refractivity contribution in [2.75, 3.05) is 7.11 Å². The number of carbonyl (C=O) groups is 1. The third kappa shape index (κ3) is 2.75. The molecule has 0 saturated carbocycles. The molecule has 1 aromatic carbocycles. The minimum atomic E-state index is -0.535. The number of benzene rings is 1. The van der Waals surface area contributed by atoms with Crippen molar-refractivity contribution >= 4 is 5.97 Å². The molecule has 1 atom stereocenters. The molecule has 5 nitrogen and oxygen atoms in total. The van der Waals surface area contributed by atoms with E-state index in [0.29, 0.717) is 12.2 Å². The zero-order valence-corrected chi connectivity index (χ0v) is 11.1. The van der Waals surface area contributed by atoms with Gasteiger partial charge in [-0.05, 0) is 37.8 Å². The molecule has 0 fully saturated rings. The van der Waals surface area contributed by atoms with Crippen molar-refractivity contribution in [1.82, 2.24) is 0 Å². The lowest BCUT2D eigenvalue weighted by atomic mass is 9.88. The van der Waals surface area contributed by atoms with Crippen LogP contribution in [0.25, 0.3) is 0 Å². The molecule has 104 valence electrons. The maximum Gasteiger partial charge on any atom is 0.305 e. The Bertz CT molecular complexity index is 497. The summed E-state index contributed by atoms with van der Waals surface area (Å²) in [6.45, 7) is 1.89. The second-order valence-electron chi connectivity index (χ2n) is 5.05. The Kier molecular flexibility index (Phi) is 3.55. The van der Waals surface area contributed by atoms with Crippen LogP contribution >= 0.6 is 0 Å². The summed E-state index contributed by atoms with van der Waals surface area (Å²) in [5.74, 6) is -0.396. The molecule has 1 unspecified atom stereocenters. The summed E-state index contributed by atoms with van der Waals surface area (Å²) in [5.41, 5.74) is 0.331. The lowest BCUT2D eigenvalue weighted by molar-refractivity contribution is -0.141. The molecule has 1 aliphatic rings. The van der Waals surface area contributed by atoms with Gasteiger partial charge in [-0.2, -0.15) is 0 Å². The maximum absolute atomic E-state index is 11.2. The molecule has 0 aliphatic carbocycles. The van der Waals surface area contributed by atoms with E-state index < -0.39 is 5.60 Å². The number of carbonyl (C=O) groups excluding carboxylic acids is 1. The molecule has 1 aromatic rings. The fourth-order valence-corrected chi connectivity index (χ4v) is 2.25. The number of esters is 1. The van der Waals surface area contributed by atoms with Gasteiger partial charge in [0, 0.05) is 6.42 Å². The summed E-state index contributed by atoms with van der Waals surface area (Å²) in [6.07, 6.45) is 2.26. The number of aromatic hydroxyl groups is 2. The highest BCUT2D eigenvalue weighted by Gasteiger charge is 2.34. The Balaban J connectivity index is 2.16. The van der Waals surface area contributed by atoms with E-state index in [2.05, 4.69) is 4.74 Å². The van der Waals surface area contributed by atoms with Crippen molar-refractivity contribution in [2.45, 2.75) is 38.2 Å². The summed E-state index contributed by atoms with van der Waals surface area (Å²) in [6, 6.07) is 3.19. The molecule has 2 rings (SSSR count). The van der Waals surface area contributed by atoms with E-state index in [1.807, 2.05) is 6.92 Å². The first kappa shape index (κ1) is 13.5. The third-order valence-corrected chi connectivity index (χ3v) is 3.55. The zero-order chi connectivity index (χ0) is 14.0. The average Bonchev–Trinajstić information content (AvgIpc) is 2.41. The Morgan fingerprint density at radius 1 is 1.47 bits per heavy atom. The SMILES string of the molecule is COC(=O)CCC1(C)CCc2ccc(O)c(O)c2O1. The smallest absolute Gasteiger partial charge is 0.305 e. The molecular weight excluding hydrogens is 248 g/mol. The summed E-state index contributed by atoms with van der Waals surface area (Å²) in [4.78, 5) is 11.2. The molecule has 0 radical (unpaired) electrons. The fourth-order valence-electron chi connectivity index (χ4n) is 2.25. The van der Waals surface area contributed by atoms with Crippen molar-refractivity contribution in [3.63, 3.8) is 0 Å². The Labute approximate surface area is 111 Å². The van der Waals surface area contributed by atoms with Gasteiger partial charge in [0.1, 0.15) is 5.60 Å². The number of ether oxygens (including phenoxy) is 2. The van der Waals surface area contributed by atoms with Gasteiger partial charge in [-0.25, -0.2) is 0 Å². The van der Waals surface area contributed by atoms with Gasteiger partial charge in [-0.3, -0.25) is 4.79 Å². The Hall–Kier alpha value is -1.91. The van der Waals surface area contributed by atoms with Crippen LogP contribution < -0.4 is 4.74 Å². The molecule has 2 N–H and O–H groups in total. The molecule has 19 heavy (non-hydrogen) atoms. The van der Waals surface area contributed by atoms with E-state index in [9.17, 15) is 15.0 Å². The first-order valence-corrected chi connectivity index (χ1v) is 6.25. The van der Waals surface area contributed by atoms with Gasteiger partial charge in [0.25, 0.3) is 0 Å². The molecular formula is C14H18O5. The third-order valence-electron chi connectivity index (χ3n) is 3.55. The van der Waals surface area contributed by atoms with Crippen LogP contribution in [0, 0.1) is 0 Å². The van der Waals surface area contributed by atoms with E-state index in [0.717, 1.165) is 18.4 Å². The molecule has 0 aromatic heterocycles. The van der Waals surface area contributed by atoms with Crippen LogP contribution in [-0.4, -0.2) is 28.9 Å². The summed E-state index contributed by atoms with van der Waals surface area (Å²) in [5, 5.41) is 19.3. The molecule has 0 bridgehead atoms. The fraction of sp³-hybridized carbons (Fsp3) is 0.500. The number of fused-ring (bicyclic) bond motifs is 1. The first-order chi connectivity index (χ1) is 8.95. The van der Waals surface area contributed by atoms with E-state index in [-0.39, 0.29) is 23.9 Å². The van der Waals surface area contributed by atoms with Gasteiger partial charge in [-0.15, -0.1) is 0 Å². The number of aryl methyl sites for hydroxylation is 1. The number of phenolic OH excluding ortho intramolecular Hbond substituents is 2. The van der Waals surface area contributed by atoms with E-state index in [1.54, 1.807) is 6.07 Å². The van der Waals surface area contributed by atoms with Crippen LogP contribution in [0.1, 0.15) is 31.7 Å². The lowest BCUT2D eigenvalue weighted by Crippen LogP contribution is -2.37. The Morgan fingerprint density at radius 3 is 2.89 bits per heavy atom. The van der Waals surface area contributed by atoms with Crippen molar-refractivity contribution in [3.8, 4) is 17.2 Å². The molecule has 0 saturated heterocycles. The molecule has 5 heteroatoms. The lowest BCUT2D eigenvalue weighted by Gasteiger charge is -2.36. The first-order valence-electron chi connectivity index (χ1n) is 6.25. The summed E-state index contributed by atoms with van der Waals surface area (Å²) < 4.78 is 10.4.